The summed E-state index contributed by atoms with van der Waals surface area (Å²) in [6.45, 7) is 4.04. The fourth-order valence-corrected chi connectivity index (χ4v) is 3.34. The van der Waals surface area contributed by atoms with Crippen molar-refractivity contribution >= 4 is 22.9 Å². The molecule has 0 unspecified atom stereocenters. The molecule has 0 bridgehead atoms. The van der Waals surface area contributed by atoms with Crippen molar-refractivity contribution in [2.24, 2.45) is 0 Å². The summed E-state index contributed by atoms with van der Waals surface area (Å²) in [6.07, 6.45) is 3.26. The number of nitrogens with one attached hydrogen (secondary N) is 2. The van der Waals surface area contributed by atoms with Crippen LogP contribution in [0, 0.1) is 0 Å². The van der Waals surface area contributed by atoms with Crippen LogP contribution in [0.5, 0.6) is 5.75 Å². The second-order valence-corrected chi connectivity index (χ2v) is 6.84. The summed E-state index contributed by atoms with van der Waals surface area (Å²) >= 11 is 0. The Hall–Kier alpha value is -2.83. The lowest BCUT2D eigenvalue weighted by atomic mass is 9.98. The smallest absolute Gasteiger partial charge is 0.259 e. The van der Waals surface area contributed by atoms with Crippen molar-refractivity contribution < 1.29 is 9.53 Å². The maximum atomic E-state index is 12.6. The molecule has 2 aromatic rings. The van der Waals surface area contributed by atoms with Crippen molar-refractivity contribution in [1.82, 2.24) is 10.2 Å². The Morgan fingerprint density at radius 1 is 1.25 bits per heavy atom. The second-order valence-electron chi connectivity index (χ2n) is 6.84. The van der Waals surface area contributed by atoms with E-state index in [9.17, 15) is 4.79 Å². The summed E-state index contributed by atoms with van der Waals surface area (Å²) in [6, 6.07) is 12.9. The number of para-hydroxylation sites is 1. The molecular weight excluding hydrogens is 352 g/mol. The number of carbonyl (C=O) groups is 1. The van der Waals surface area contributed by atoms with E-state index in [-0.39, 0.29) is 5.91 Å². The fraction of sp³-hybridized carbons (Fsp3) is 0.318. The molecular formula is C22H28N4O2. The minimum absolute atomic E-state index is 0.242. The summed E-state index contributed by atoms with van der Waals surface area (Å²) in [7, 11) is 3.52. The maximum Gasteiger partial charge on any atom is 0.259 e. The van der Waals surface area contributed by atoms with E-state index in [0.717, 1.165) is 38.2 Å². The van der Waals surface area contributed by atoms with Gasteiger partial charge in [0.2, 0.25) is 0 Å². The number of nitrogens with two attached hydrogens (primary N) is 1. The van der Waals surface area contributed by atoms with Crippen molar-refractivity contribution in [2.45, 2.75) is 6.42 Å². The number of rotatable bonds is 7. The monoisotopic (exact) mass is 380 g/mol. The van der Waals surface area contributed by atoms with Crippen molar-refractivity contribution in [2.75, 3.05) is 51.4 Å². The molecule has 6 heteroatoms. The number of nitrogens with zero attached hydrogens (tertiary/aromatic N) is 1. The van der Waals surface area contributed by atoms with Crippen LogP contribution in [0.1, 0.15) is 22.3 Å². The molecule has 1 aliphatic heterocycles. The van der Waals surface area contributed by atoms with Gasteiger partial charge in [-0.05, 0) is 48.9 Å². The van der Waals surface area contributed by atoms with Gasteiger partial charge in [-0.25, -0.2) is 0 Å². The molecule has 0 atom stereocenters. The molecule has 0 aliphatic carbocycles. The van der Waals surface area contributed by atoms with Gasteiger partial charge in [-0.15, -0.1) is 0 Å². The minimum Gasteiger partial charge on any atom is -0.496 e. The fourth-order valence-electron chi connectivity index (χ4n) is 3.34. The summed E-state index contributed by atoms with van der Waals surface area (Å²) in [5.41, 5.74) is 10.3. The number of benzene rings is 2. The number of carbonyl (C=O) groups excluding carboxylic acids is 1. The molecule has 28 heavy (non-hydrogen) atoms. The number of ether oxygens (including phenoxy) is 1. The largest absolute Gasteiger partial charge is 0.496 e. The molecule has 0 saturated carbocycles. The molecule has 0 saturated heterocycles. The third kappa shape index (κ3) is 4.71. The van der Waals surface area contributed by atoms with Crippen molar-refractivity contribution in [3.8, 4) is 5.75 Å². The predicted octanol–water partition coefficient (Wildman–Crippen LogP) is 2.84. The zero-order valence-corrected chi connectivity index (χ0v) is 16.5. The lowest BCUT2D eigenvalue weighted by Crippen LogP contribution is -2.34. The molecule has 0 radical (unpaired) electrons. The molecule has 0 fully saturated rings. The number of hydrogen-bond donors (Lipinski definition) is 3. The molecule has 1 aliphatic rings. The van der Waals surface area contributed by atoms with Gasteiger partial charge in [0.05, 0.1) is 24.0 Å². The first kappa shape index (κ1) is 19.9. The number of nitrogen functional groups attached to an aromatic ring is 1. The summed E-state index contributed by atoms with van der Waals surface area (Å²) < 4.78 is 5.26. The first-order chi connectivity index (χ1) is 13.6. The number of methoxy groups -OCH3 is 1. The van der Waals surface area contributed by atoms with Gasteiger partial charge in [-0.1, -0.05) is 24.3 Å². The van der Waals surface area contributed by atoms with Crippen LogP contribution in [-0.4, -0.2) is 51.1 Å². The summed E-state index contributed by atoms with van der Waals surface area (Å²) in [4.78, 5) is 15.0. The van der Waals surface area contributed by atoms with E-state index in [2.05, 4.69) is 21.6 Å². The second kappa shape index (κ2) is 9.39. The Bertz CT molecular complexity index is 863. The first-order valence-corrected chi connectivity index (χ1v) is 9.52. The highest BCUT2D eigenvalue weighted by Gasteiger charge is 2.15. The number of likely N-dealkylation sites (N-methyl/N-ethyl adjacent to an activating group) is 1. The van der Waals surface area contributed by atoms with E-state index in [0.29, 0.717) is 22.7 Å². The summed E-state index contributed by atoms with van der Waals surface area (Å²) in [5.74, 6) is 0.291. The van der Waals surface area contributed by atoms with E-state index in [1.54, 1.807) is 25.3 Å². The van der Waals surface area contributed by atoms with Gasteiger partial charge in [-0.3, -0.25) is 9.69 Å². The Morgan fingerprint density at radius 2 is 2.07 bits per heavy atom. The molecule has 3 rings (SSSR count). The van der Waals surface area contributed by atoms with Crippen molar-refractivity contribution in [3.05, 3.63) is 59.7 Å². The van der Waals surface area contributed by atoms with Gasteiger partial charge >= 0.3 is 0 Å². The number of amides is 1. The van der Waals surface area contributed by atoms with Crippen molar-refractivity contribution in [1.29, 1.82) is 0 Å². The molecule has 6 nitrogen and oxygen atoms in total. The van der Waals surface area contributed by atoms with E-state index in [1.807, 2.05) is 31.3 Å². The molecule has 0 aromatic heterocycles. The molecule has 1 heterocycles. The summed E-state index contributed by atoms with van der Waals surface area (Å²) in [5, 5.41) is 6.07. The van der Waals surface area contributed by atoms with Crippen LogP contribution in [-0.2, 0) is 0 Å². The zero-order chi connectivity index (χ0) is 19.9. The van der Waals surface area contributed by atoms with E-state index < -0.39 is 0 Å². The van der Waals surface area contributed by atoms with E-state index >= 15 is 0 Å². The lowest BCUT2D eigenvalue weighted by Gasteiger charge is -2.26. The van der Waals surface area contributed by atoms with Gasteiger partial charge in [0, 0.05) is 26.2 Å². The zero-order valence-electron chi connectivity index (χ0n) is 16.5. The van der Waals surface area contributed by atoms with Crippen molar-refractivity contribution in [3.63, 3.8) is 0 Å². The van der Waals surface area contributed by atoms with Crippen LogP contribution in [0.2, 0.25) is 0 Å². The molecule has 1 amide bonds. The first-order valence-electron chi connectivity index (χ1n) is 9.52. The Labute approximate surface area is 166 Å². The normalized spacial score (nSPS) is 14.4. The Kier molecular flexibility index (Phi) is 6.68. The van der Waals surface area contributed by atoms with Crippen LogP contribution >= 0.6 is 0 Å². The molecule has 4 N–H and O–H groups in total. The Balaban J connectivity index is 1.69. The molecule has 2 aromatic carbocycles. The van der Waals surface area contributed by atoms with Gasteiger partial charge in [0.25, 0.3) is 5.91 Å². The maximum absolute atomic E-state index is 12.6. The third-order valence-electron chi connectivity index (χ3n) is 4.99. The van der Waals surface area contributed by atoms with Crippen LogP contribution in [0.4, 0.5) is 11.4 Å². The topological polar surface area (TPSA) is 79.6 Å². The van der Waals surface area contributed by atoms with Gasteiger partial charge < -0.3 is 21.1 Å². The van der Waals surface area contributed by atoms with Gasteiger partial charge in [0.15, 0.2) is 0 Å². The minimum atomic E-state index is -0.242. The average Bonchev–Trinajstić information content (AvgIpc) is 2.74. The quantitative estimate of drug-likeness (QED) is 0.644. The van der Waals surface area contributed by atoms with E-state index in [1.165, 1.54) is 5.57 Å². The highest BCUT2D eigenvalue weighted by molar-refractivity contribution is 6.07. The molecule has 0 spiro atoms. The number of anilines is 2. The third-order valence-corrected chi connectivity index (χ3v) is 4.99. The van der Waals surface area contributed by atoms with Crippen LogP contribution < -0.4 is 21.1 Å². The van der Waals surface area contributed by atoms with Crippen LogP contribution in [0.15, 0.2) is 48.5 Å². The highest BCUT2D eigenvalue weighted by Crippen LogP contribution is 2.28. The van der Waals surface area contributed by atoms with E-state index in [4.69, 9.17) is 10.5 Å². The highest BCUT2D eigenvalue weighted by atomic mass is 16.5. The average molecular weight is 380 g/mol. The lowest BCUT2D eigenvalue weighted by molar-refractivity contribution is 0.102. The molecule has 148 valence electrons. The predicted molar refractivity (Wildman–Crippen MR) is 115 cm³/mol. The number of hydrogen-bond acceptors (Lipinski definition) is 5. The SMILES string of the molecule is CNCCN1CC=C(c2ccc(NC(=O)c3ccccc3OC)c(N)c2)CC1. The Morgan fingerprint density at radius 3 is 2.75 bits per heavy atom. The van der Waals surface area contributed by atoms with Crippen LogP contribution in [0.25, 0.3) is 5.57 Å². The van der Waals surface area contributed by atoms with Gasteiger partial charge in [-0.2, -0.15) is 0 Å². The van der Waals surface area contributed by atoms with Gasteiger partial charge in [0.1, 0.15) is 5.75 Å². The standard InChI is InChI=1S/C22H28N4O2/c1-24-11-14-26-12-9-16(10-13-26)17-7-8-20(19(23)15-17)25-22(27)18-5-3-4-6-21(18)28-2/h3-9,15,24H,10-14,23H2,1-2H3,(H,25,27). The van der Waals surface area contributed by atoms with Crippen LogP contribution in [0.3, 0.4) is 0 Å².